The van der Waals surface area contributed by atoms with Crippen molar-refractivity contribution in [1.29, 1.82) is 0 Å². The minimum absolute atomic E-state index is 0. The molecule has 2 unspecified atom stereocenters. The lowest BCUT2D eigenvalue weighted by Gasteiger charge is -2.23. The zero-order valence-corrected chi connectivity index (χ0v) is 25.7. The Kier molecular flexibility index (Phi) is 12.4. The van der Waals surface area contributed by atoms with Gasteiger partial charge in [-0.15, -0.1) is 12.4 Å². The van der Waals surface area contributed by atoms with Crippen LogP contribution < -0.4 is 15.4 Å². The second-order valence-electron chi connectivity index (χ2n) is 10.1. The van der Waals surface area contributed by atoms with E-state index in [1.54, 1.807) is 43.7 Å². The number of carbonyl (C=O) groups excluding carboxylic acids is 3. The van der Waals surface area contributed by atoms with E-state index in [0.29, 0.717) is 37.1 Å². The number of amides is 1. The minimum Gasteiger partial charge on any atom is -0.391 e. The van der Waals surface area contributed by atoms with E-state index in [1.807, 2.05) is 6.92 Å². The molecule has 2 atom stereocenters. The van der Waals surface area contributed by atoms with E-state index in [9.17, 15) is 22.8 Å². The second-order valence-corrected chi connectivity index (χ2v) is 11.8. The maximum absolute atomic E-state index is 13.8. The molecule has 3 aromatic rings. The molecule has 1 aliphatic rings. The van der Waals surface area contributed by atoms with Gasteiger partial charge in [-0.1, -0.05) is 31.5 Å². The first-order valence-electron chi connectivity index (χ1n) is 14.0. The summed E-state index contributed by atoms with van der Waals surface area (Å²) >= 11 is 0. The Labute approximate surface area is 257 Å². The third kappa shape index (κ3) is 8.92. The predicted molar refractivity (Wildman–Crippen MR) is 163 cm³/mol. The number of imidazole rings is 1. The molecule has 0 bridgehead atoms. The molecule has 1 aliphatic heterocycles. The van der Waals surface area contributed by atoms with Crippen LogP contribution in [0.15, 0.2) is 53.8 Å². The van der Waals surface area contributed by atoms with Crippen molar-refractivity contribution in [3.05, 3.63) is 60.3 Å². The van der Waals surface area contributed by atoms with Crippen molar-refractivity contribution in [3.63, 3.8) is 0 Å². The Morgan fingerprint density at radius 3 is 2.58 bits per heavy atom. The molecule has 2 aromatic heterocycles. The lowest BCUT2D eigenvalue weighted by atomic mass is 10.1. The lowest BCUT2D eigenvalue weighted by molar-refractivity contribution is -0.162. The van der Waals surface area contributed by atoms with Crippen molar-refractivity contribution in [3.8, 4) is 11.3 Å². The van der Waals surface area contributed by atoms with Gasteiger partial charge in [0.05, 0.1) is 23.4 Å². The summed E-state index contributed by atoms with van der Waals surface area (Å²) in [6, 6.07) is 7.70. The number of nitrogens with one attached hydrogen (secondary N) is 4. The van der Waals surface area contributed by atoms with Crippen molar-refractivity contribution < 1.29 is 27.5 Å². The highest BCUT2D eigenvalue weighted by atomic mass is 35.5. The lowest BCUT2D eigenvalue weighted by Crippen LogP contribution is -2.46. The molecular formula is C29H37ClN6O6S. The fourth-order valence-corrected chi connectivity index (χ4v) is 6.13. The van der Waals surface area contributed by atoms with E-state index >= 15 is 0 Å². The van der Waals surface area contributed by atoms with Crippen molar-refractivity contribution in [1.82, 2.24) is 25.0 Å². The SMILES string of the molecule is CCC(=O)Nc1c(-c2ccccn2)cccc1S(=O)(=O)NC(CCCc1nc[nH]c1C)C(=O)OC(=O)C1CCCCN1.Cl. The number of hydrogen-bond acceptors (Lipinski definition) is 9. The molecule has 3 heterocycles. The van der Waals surface area contributed by atoms with Gasteiger partial charge in [-0.25, -0.2) is 23.0 Å². The zero-order valence-electron chi connectivity index (χ0n) is 24.1. The number of anilines is 1. The summed E-state index contributed by atoms with van der Waals surface area (Å²) in [5, 5.41) is 5.73. The fraction of sp³-hybridized carbons (Fsp3) is 0.414. The molecule has 0 radical (unpaired) electrons. The average Bonchev–Trinajstić information content (AvgIpc) is 3.41. The monoisotopic (exact) mass is 632 g/mol. The van der Waals surface area contributed by atoms with Gasteiger partial charge in [0.15, 0.2) is 0 Å². The summed E-state index contributed by atoms with van der Waals surface area (Å²) in [4.78, 5) is 49.7. The number of aromatic amines is 1. The molecule has 1 aromatic carbocycles. The molecule has 232 valence electrons. The maximum Gasteiger partial charge on any atom is 0.331 e. The number of ether oxygens (including phenoxy) is 1. The number of hydrogen-bond donors (Lipinski definition) is 4. The average molecular weight is 633 g/mol. The van der Waals surface area contributed by atoms with Crippen LogP contribution in [0, 0.1) is 6.92 Å². The van der Waals surface area contributed by atoms with E-state index in [2.05, 4.69) is 30.3 Å². The van der Waals surface area contributed by atoms with Crippen LogP contribution in [0.1, 0.15) is 56.8 Å². The third-order valence-electron chi connectivity index (χ3n) is 7.06. The van der Waals surface area contributed by atoms with Gasteiger partial charge in [-0.2, -0.15) is 4.72 Å². The number of rotatable bonds is 12. The molecule has 4 N–H and O–H groups in total. The second kappa shape index (κ2) is 15.7. The summed E-state index contributed by atoms with van der Waals surface area (Å²) < 4.78 is 35.3. The number of H-pyrrole nitrogens is 1. The quantitative estimate of drug-likeness (QED) is 0.172. The Bertz CT molecular complexity index is 1510. The van der Waals surface area contributed by atoms with E-state index < -0.39 is 40.0 Å². The van der Waals surface area contributed by atoms with Crippen LogP contribution in [0.5, 0.6) is 0 Å². The molecule has 43 heavy (non-hydrogen) atoms. The molecule has 14 heteroatoms. The summed E-state index contributed by atoms with van der Waals surface area (Å²) in [5.74, 6) is -2.12. The van der Waals surface area contributed by atoms with Gasteiger partial charge in [0, 0.05) is 23.9 Å². The normalized spacial score (nSPS) is 15.6. The van der Waals surface area contributed by atoms with Crippen LogP contribution in [-0.2, 0) is 35.6 Å². The first-order valence-corrected chi connectivity index (χ1v) is 15.5. The van der Waals surface area contributed by atoms with Gasteiger partial charge in [-0.3, -0.25) is 9.78 Å². The number of sulfonamides is 1. The smallest absolute Gasteiger partial charge is 0.331 e. The van der Waals surface area contributed by atoms with Crippen LogP contribution in [0.2, 0.25) is 0 Å². The van der Waals surface area contributed by atoms with Gasteiger partial charge in [0.1, 0.15) is 17.0 Å². The Hall–Kier alpha value is -3.65. The van der Waals surface area contributed by atoms with Crippen LogP contribution in [0.4, 0.5) is 5.69 Å². The molecule has 4 rings (SSSR count). The van der Waals surface area contributed by atoms with Crippen LogP contribution in [-0.4, -0.2) is 59.8 Å². The third-order valence-corrected chi connectivity index (χ3v) is 8.57. The van der Waals surface area contributed by atoms with E-state index in [0.717, 1.165) is 24.2 Å². The predicted octanol–water partition coefficient (Wildman–Crippen LogP) is 3.43. The number of benzene rings is 1. The number of esters is 2. The Morgan fingerprint density at radius 2 is 1.93 bits per heavy atom. The van der Waals surface area contributed by atoms with Gasteiger partial charge in [0.2, 0.25) is 15.9 Å². The summed E-state index contributed by atoms with van der Waals surface area (Å²) in [6.45, 7) is 4.15. The number of nitrogens with zero attached hydrogens (tertiary/aromatic N) is 2. The van der Waals surface area contributed by atoms with Crippen molar-refractivity contribution in [2.24, 2.45) is 0 Å². The molecule has 1 amide bonds. The van der Waals surface area contributed by atoms with Crippen molar-refractivity contribution in [2.75, 3.05) is 11.9 Å². The number of carbonyl (C=O) groups is 3. The molecule has 1 fully saturated rings. The van der Waals surface area contributed by atoms with Gasteiger partial charge in [0.25, 0.3) is 0 Å². The molecule has 0 aliphatic carbocycles. The Morgan fingerprint density at radius 1 is 1.12 bits per heavy atom. The van der Waals surface area contributed by atoms with Gasteiger partial charge in [-0.05, 0) is 63.8 Å². The minimum atomic E-state index is -4.41. The van der Waals surface area contributed by atoms with E-state index in [-0.39, 0.29) is 35.8 Å². The highest BCUT2D eigenvalue weighted by molar-refractivity contribution is 7.89. The van der Waals surface area contributed by atoms with Crippen LogP contribution in [0.3, 0.4) is 0 Å². The van der Waals surface area contributed by atoms with Crippen LogP contribution in [0.25, 0.3) is 11.3 Å². The number of pyridine rings is 1. The zero-order chi connectivity index (χ0) is 30.1. The highest BCUT2D eigenvalue weighted by Crippen LogP contribution is 2.33. The molecule has 0 saturated carbocycles. The number of aryl methyl sites for hydroxylation is 2. The van der Waals surface area contributed by atoms with Gasteiger partial charge < -0.3 is 20.4 Å². The van der Waals surface area contributed by atoms with Crippen molar-refractivity contribution >= 4 is 46.0 Å². The standard InChI is InChI=1S/C29H36N6O6S.ClH/c1-3-26(36)34-27-20(22-11-4-6-16-30-22)10-8-15-25(27)42(39,40)35-24(14-9-13-21-19(2)32-18-33-21)29(38)41-28(37)23-12-5-7-17-31-23;/h4,6,8,10-11,15-16,18,23-24,31,35H,3,5,7,9,12-14,17H2,1-2H3,(H,32,33)(H,34,36);1H. The molecule has 1 saturated heterocycles. The summed E-state index contributed by atoms with van der Waals surface area (Å²) in [6.07, 6.45) is 6.42. The first-order chi connectivity index (χ1) is 20.2. The maximum atomic E-state index is 13.8. The number of para-hydroxylation sites is 1. The Balaban J connectivity index is 0.00000506. The summed E-state index contributed by atoms with van der Waals surface area (Å²) in [7, 11) is -4.41. The number of aromatic nitrogens is 3. The van der Waals surface area contributed by atoms with E-state index in [4.69, 9.17) is 4.74 Å². The van der Waals surface area contributed by atoms with Crippen LogP contribution >= 0.6 is 12.4 Å². The largest absolute Gasteiger partial charge is 0.391 e. The fourth-order valence-electron chi connectivity index (χ4n) is 4.73. The summed E-state index contributed by atoms with van der Waals surface area (Å²) in [5.41, 5.74) is 2.55. The van der Waals surface area contributed by atoms with E-state index in [1.165, 1.54) is 12.1 Å². The first kappa shape index (κ1) is 33.8. The number of piperidine rings is 1. The van der Waals surface area contributed by atoms with Gasteiger partial charge >= 0.3 is 11.9 Å². The molecular weight excluding hydrogens is 596 g/mol. The molecule has 0 spiro atoms. The number of halogens is 1. The topological polar surface area (TPSA) is 172 Å². The van der Waals surface area contributed by atoms with Crippen molar-refractivity contribution in [2.45, 2.75) is 75.8 Å². The highest BCUT2D eigenvalue weighted by Gasteiger charge is 2.33. The molecule has 12 nitrogen and oxygen atoms in total.